The third kappa shape index (κ3) is 2.80. The molecule has 1 N–H and O–H groups in total. The highest BCUT2D eigenvalue weighted by Gasteiger charge is 2.52. The van der Waals surface area contributed by atoms with Crippen LogP contribution in [0.25, 0.3) is 0 Å². The highest BCUT2D eigenvalue weighted by molar-refractivity contribution is 7.16. The van der Waals surface area contributed by atoms with E-state index in [0.717, 1.165) is 35.1 Å². The van der Waals surface area contributed by atoms with Gasteiger partial charge >= 0.3 is 0 Å². The van der Waals surface area contributed by atoms with Crippen molar-refractivity contribution in [2.24, 2.45) is 23.2 Å². The first-order valence-corrected chi connectivity index (χ1v) is 9.80. The molecule has 4 fully saturated rings. The standard InChI is InChI=1S/C18H26ClNS/c1-12(20-5-4-16-2-3-17(19)21-16)18-9-13-6-14(10-18)8-15(7-13)11-18/h2-3,12-15,20H,4-11H2,1H3. The zero-order valence-corrected chi connectivity index (χ0v) is 14.5. The number of rotatable bonds is 5. The highest BCUT2D eigenvalue weighted by atomic mass is 35.5. The number of thiophene rings is 1. The molecule has 1 nitrogen and oxygen atoms in total. The molecule has 1 aromatic heterocycles. The van der Waals surface area contributed by atoms with E-state index in [9.17, 15) is 0 Å². The summed E-state index contributed by atoms with van der Waals surface area (Å²) in [6.07, 6.45) is 10.2. The summed E-state index contributed by atoms with van der Waals surface area (Å²) in [6, 6.07) is 4.87. The summed E-state index contributed by atoms with van der Waals surface area (Å²) in [5, 5.41) is 3.86. The molecule has 116 valence electrons. The molecular formula is C18H26ClNS. The first-order valence-electron chi connectivity index (χ1n) is 8.60. The minimum absolute atomic E-state index is 0.627. The molecule has 5 rings (SSSR count). The second-order valence-corrected chi connectivity index (χ2v) is 9.71. The molecule has 4 saturated carbocycles. The molecule has 4 bridgehead atoms. The molecule has 0 radical (unpaired) electrons. The third-order valence-electron chi connectivity index (χ3n) is 6.45. The van der Waals surface area contributed by atoms with Crippen LogP contribution in [0.15, 0.2) is 12.1 Å². The first-order chi connectivity index (χ1) is 10.1. The van der Waals surface area contributed by atoms with Gasteiger partial charge in [-0.2, -0.15) is 0 Å². The smallest absolute Gasteiger partial charge is 0.0931 e. The molecule has 3 heteroatoms. The number of nitrogens with one attached hydrogen (secondary N) is 1. The van der Waals surface area contributed by atoms with Crippen LogP contribution in [0.5, 0.6) is 0 Å². The van der Waals surface area contributed by atoms with E-state index in [2.05, 4.69) is 18.3 Å². The van der Waals surface area contributed by atoms with Crippen LogP contribution >= 0.6 is 22.9 Å². The summed E-state index contributed by atoms with van der Waals surface area (Å²) >= 11 is 7.74. The van der Waals surface area contributed by atoms with Gasteiger partial charge in [0.15, 0.2) is 0 Å². The zero-order valence-electron chi connectivity index (χ0n) is 12.9. The summed E-state index contributed by atoms with van der Waals surface area (Å²) in [4.78, 5) is 1.41. The van der Waals surface area contributed by atoms with E-state index in [1.54, 1.807) is 30.6 Å². The fraction of sp³-hybridized carbons (Fsp3) is 0.778. The van der Waals surface area contributed by atoms with Crippen LogP contribution in [-0.4, -0.2) is 12.6 Å². The van der Waals surface area contributed by atoms with Crippen molar-refractivity contribution >= 4 is 22.9 Å². The van der Waals surface area contributed by atoms with E-state index in [-0.39, 0.29) is 0 Å². The monoisotopic (exact) mass is 323 g/mol. The molecule has 0 aromatic carbocycles. The molecule has 1 atom stereocenters. The Hall–Kier alpha value is -0.0500. The van der Waals surface area contributed by atoms with Crippen molar-refractivity contribution in [1.29, 1.82) is 0 Å². The number of hydrogen-bond acceptors (Lipinski definition) is 2. The van der Waals surface area contributed by atoms with Crippen LogP contribution in [-0.2, 0) is 6.42 Å². The van der Waals surface area contributed by atoms with Crippen LogP contribution in [0, 0.1) is 23.2 Å². The Morgan fingerprint density at radius 1 is 1.19 bits per heavy atom. The normalized spacial score (nSPS) is 38.9. The van der Waals surface area contributed by atoms with E-state index >= 15 is 0 Å². The molecule has 0 saturated heterocycles. The first kappa shape index (κ1) is 14.5. The lowest BCUT2D eigenvalue weighted by Crippen LogP contribution is -2.55. The van der Waals surface area contributed by atoms with E-state index in [4.69, 9.17) is 11.6 Å². The van der Waals surface area contributed by atoms with Crippen molar-refractivity contribution < 1.29 is 0 Å². The average molecular weight is 324 g/mol. The molecule has 0 spiro atoms. The Morgan fingerprint density at radius 3 is 2.33 bits per heavy atom. The van der Waals surface area contributed by atoms with Gasteiger partial charge in [0.25, 0.3) is 0 Å². The van der Waals surface area contributed by atoms with Gasteiger partial charge in [-0.3, -0.25) is 0 Å². The van der Waals surface area contributed by atoms with Crippen molar-refractivity contribution in [3.63, 3.8) is 0 Å². The van der Waals surface area contributed by atoms with Gasteiger partial charge in [-0.25, -0.2) is 0 Å². The summed E-state index contributed by atoms with van der Waals surface area (Å²) < 4.78 is 0.916. The Bertz CT molecular complexity index is 474. The molecule has 0 amide bonds. The summed E-state index contributed by atoms with van der Waals surface area (Å²) in [7, 11) is 0. The second kappa shape index (κ2) is 5.54. The minimum atomic E-state index is 0.627. The Kier molecular flexibility index (Phi) is 3.84. The van der Waals surface area contributed by atoms with Crippen molar-refractivity contribution in [2.45, 2.75) is 57.9 Å². The van der Waals surface area contributed by atoms with E-state index < -0.39 is 0 Å². The van der Waals surface area contributed by atoms with Crippen molar-refractivity contribution in [1.82, 2.24) is 5.32 Å². The predicted molar refractivity (Wildman–Crippen MR) is 91.1 cm³/mol. The van der Waals surface area contributed by atoms with Gasteiger partial charge in [-0.15, -0.1) is 11.3 Å². The van der Waals surface area contributed by atoms with Crippen LogP contribution in [0.3, 0.4) is 0 Å². The van der Waals surface area contributed by atoms with Gasteiger partial charge < -0.3 is 5.32 Å². The topological polar surface area (TPSA) is 12.0 Å². The number of hydrogen-bond donors (Lipinski definition) is 1. The van der Waals surface area contributed by atoms with Gasteiger partial charge in [0.2, 0.25) is 0 Å². The lowest BCUT2D eigenvalue weighted by atomic mass is 9.48. The lowest BCUT2D eigenvalue weighted by molar-refractivity contribution is -0.0702. The van der Waals surface area contributed by atoms with Crippen molar-refractivity contribution in [3.05, 3.63) is 21.3 Å². The maximum absolute atomic E-state index is 6.01. The Morgan fingerprint density at radius 2 is 1.81 bits per heavy atom. The van der Waals surface area contributed by atoms with Crippen LogP contribution in [0.4, 0.5) is 0 Å². The quantitative estimate of drug-likeness (QED) is 0.791. The SMILES string of the molecule is CC(NCCc1ccc(Cl)s1)C12CC3CC(CC(C3)C1)C2. The van der Waals surface area contributed by atoms with E-state index in [1.165, 1.54) is 24.1 Å². The Labute approximate surface area is 137 Å². The number of halogens is 1. The lowest BCUT2D eigenvalue weighted by Gasteiger charge is -2.59. The Balaban J connectivity index is 1.35. The van der Waals surface area contributed by atoms with E-state index in [0.29, 0.717) is 11.5 Å². The zero-order chi connectivity index (χ0) is 14.4. The molecule has 4 aliphatic carbocycles. The van der Waals surface area contributed by atoms with Crippen molar-refractivity contribution in [2.75, 3.05) is 6.54 Å². The van der Waals surface area contributed by atoms with Gasteiger partial charge in [-0.05, 0) is 87.2 Å². The molecule has 4 aliphatic rings. The third-order valence-corrected chi connectivity index (χ3v) is 7.75. The fourth-order valence-electron chi connectivity index (χ4n) is 5.82. The van der Waals surface area contributed by atoms with Gasteiger partial charge in [0.1, 0.15) is 0 Å². The fourth-order valence-corrected chi connectivity index (χ4v) is 6.91. The minimum Gasteiger partial charge on any atom is -0.313 e. The second-order valence-electron chi connectivity index (χ2n) is 7.91. The molecular weight excluding hydrogens is 298 g/mol. The van der Waals surface area contributed by atoms with Crippen molar-refractivity contribution in [3.8, 4) is 0 Å². The molecule has 21 heavy (non-hydrogen) atoms. The van der Waals surface area contributed by atoms with Gasteiger partial charge in [0, 0.05) is 17.5 Å². The molecule has 1 aromatic rings. The maximum atomic E-state index is 6.01. The molecule has 1 heterocycles. The van der Waals surface area contributed by atoms with E-state index in [1.807, 2.05) is 6.07 Å². The molecule has 1 unspecified atom stereocenters. The summed E-state index contributed by atoms with van der Waals surface area (Å²) in [5.41, 5.74) is 0.627. The predicted octanol–water partition coefficient (Wildman–Crippen LogP) is 5.14. The van der Waals surface area contributed by atoms with Crippen LogP contribution < -0.4 is 5.32 Å². The molecule has 0 aliphatic heterocycles. The van der Waals surface area contributed by atoms with Gasteiger partial charge in [0.05, 0.1) is 4.34 Å². The summed E-state index contributed by atoms with van der Waals surface area (Å²) in [5.74, 6) is 3.16. The highest BCUT2D eigenvalue weighted by Crippen LogP contribution is 2.61. The average Bonchev–Trinajstić information content (AvgIpc) is 2.83. The van der Waals surface area contributed by atoms with Gasteiger partial charge in [-0.1, -0.05) is 11.6 Å². The van der Waals surface area contributed by atoms with Crippen LogP contribution in [0.1, 0.15) is 50.3 Å². The summed E-state index contributed by atoms with van der Waals surface area (Å²) in [6.45, 7) is 3.55. The maximum Gasteiger partial charge on any atom is 0.0931 e. The van der Waals surface area contributed by atoms with Crippen LogP contribution in [0.2, 0.25) is 4.34 Å². The largest absolute Gasteiger partial charge is 0.313 e.